The number of piperidine rings is 1. The lowest BCUT2D eigenvalue weighted by molar-refractivity contribution is -0.148. The Morgan fingerprint density at radius 2 is 2.06 bits per heavy atom. The first-order valence-electron chi connectivity index (χ1n) is 12.1. The van der Waals surface area contributed by atoms with Gasteiger partial charge in [0.1, 0.15) is 16.5 Å². The molecule has 0 radical (unpaired) electrons. The predicted molar refractivity (Wildman–Crippen MR) is 126 cm³/mol. The molecule has 32 heavy (non-hydrogen) atoms. The Morgan fingerprint density at radius 3 is 2.88 bits per heavy atom. The van der Waals surface area contributed by atoms with Gasteiger partial charge >= 0.3 is 5.97 Å². The van der Waals surface area contributed by atoms with Gasteiger partial charge in [-0.2, -0.15) is 0 Å². The number of hydrogen-bond acceptors (Lipinski definition) is 8. The van der Waals surface area contributed by atoms with Gasteiger partial charge in [-0.05, 0) is 50.5 Å². The molecule has 2 aromatic rings. The van der Waals surface area contributed by atoms with Gasteiger partial charge in [-0.3, -0.25) is 9.69 Å². The molecule has 174 valence electrons. The first-order chi connectivity index (χ1) is 15.6. The van der Waals surface area contributed by atoms with Crippen molar-refractivity contribution in [3.8, 4) is 0 Å². The molecule has 0 unspecified atom stereocenters. The van der Waals surface area contributed by atoms with Crippen LogP contribution in [-0.2, 0) is 33.7 Å². The molecular weight excluding hydrogens is 424 g/mol. The first-order valence-corrected chi connectivity index (χ1v) is 13.0. The van der Waals surface area contributed by atoms with Gasteiger partial charge in [0, 0.05) is 31.1 Å². The highest BCUT2D eigenvalue weighted by Gasteiger charge is 2.31. The van der Waals surface area contributed by atoms with Gasteiger partial charge in [0.25, 0.3) is 0 Å². The molecule has 7 nitrogen and oxygen atoms in total. The maximum atomic E-state index is 12.5. The highest BCUT2D eigenvalue weighted by atomic mass is 32.1. The Kier molecular flexibility index (Phi) is 6.62. The third kappa shape index (κ3) is 4.50. The number of ether oxygens (including phenoxy) is 2. The molecule has 0 bridgehead atoms. The highest BCUT2D eigenvalue weighted by molar-refractivity contribution is 7.19. The van der Waals surface area contributed by atoms with Gasteiger partial charge in [0.15, 0.2) is 0 Å². The van der Waals surface area contributed by atoms with Crippen LogP contribution in [-0.4, -0.2) is 66.8 Å². The van der Waals surface area contributed by atoms with Crippen molar-refractivity contribution in [2.75, 3.05) is 50.9 Å². The van der Waals surface area contributed by atoms with Crippen LogP contribution in [0.15, 0.2) is 0 Å². The number of aromatic nitrogens is 2. The number of aryl methyl sites for hydroxylation is 1. The first kappa shape index (κ1) is 22.0. The SMILES string of the molecule is CCOC(=O)[C@@H]1CCCN(c2nc(CN3CCOCC3)nc3sc4c(c23)CC[C@H](C)C4)C1. The number of morpholine rings is 1. The molecule has 2 aromatic heterocycles. The van der Waals surface area contributed by atoms with Crippen LogP contribution in [0.2, 0.25) is 0 Å². The molecule has 0 N–H and O–H groups in total. The van der Waals surface area contributed by atoms with E-state index in [9.17, 15) is 4.79 Å². The predicted octanol–water partition coefficient (Wildman–Crippen LogP) is 3.43. The molecule has 0 spiro atoms. The standard InChI is InChI=1S/C24H34N4O3S/c1-3-31-24(29)17-5-4-8-28(14-17)22-21-18-7-6-16(2)13-19(18)32-23(21)26-20(25-22)15-27-9-11-30-12-10-27/h16-17H,3-15H2,1-2H3/t16-,17+/m0/s1. The minimum absolute atomic E-state index is 0.0720. The second-order valence-electron chi connectivity index (χ2n) is 9.42. The van der Waals surface area contributed by atoms with E-state index in [1.54, 1.807) is 0 Å². The van der Waals surface area contributed by atoms with Crippen LogP contribution in [0.5, 0.6) is 0 Å². The fourth-order valence-electron chi connectivity index (χ4n) is 5.25. The van der Waals surface area contributed by atoms with Crippen LogP contribution >= 0.6 is 11.3 Å². The average Bonchev–Trinajstić information content (AvgIpc) is 3.16. The number of thiophene rings is 1. The summed E-state index contributed by atoms with van der Waals surface area (Å²) < 4.78 is 10.9. The Labute approximate surface area is 194 Å². The van der Waals surface area contributed by atoms with Crippen molar-refractivity contribution in [3.63, 3.8) is 0 Å². The molecule has 2 saturated heterocycles. The summed E-state index contributed by atoms with van der Waals surface area (Å²) in [5.74, 6) is 2.50. The summed E-state index contributed by atoms with van der Waals surface area (Å²) in [6, 6.07) is 0. The summed E-state index contributed by atoms with van der Waals surface area (Å²) in [5, 5.41) is 1.24. The molecule has 5 rings (SSSR count). The monoisotopic (exact) mass is 458 g/mol. The van der Waals surface area contributed by atoms with Crippen LogP contribution in [0.3, 0.4) is 0 Å². The largest absolute Gasteiger partial charge is 0.466 e. The van der Waals surface area contributed by atoms with E-state index >= 15 is 0 Å². The van der Waals surface area contributed by atoms with Crippen LogP contribution in [0.25, 0.3) is 10.2 Å². The lowest BCUT2D eigenvalue weighted by atomic mass is 9.89. The Bertz CT molecular complexity index is 972. The smallest absolute Gasteiger partial charge is 0.310 e. The van der Waals surface area contributed by atoms with Crippen LogP contribution < -0.4 is 4.90 Å². The Morgan fingerprint density at radius 1 is 1.22 bits per heavy atom. The summed E-state index contributed by atoms with van der Waals surface area (Å²) in [6.45, 7) is 10.4. The highest BCUT2D eigenvalue weighted by Crippen LogP contribution is 2.42. The van der Waals surface area contributed by atoms with Crippen molar-refractivity contribution >= 4 is 33.3 Å². The molecule has 2 atom stereocenters. The zero-order valence-electron chi connectivity index (χ0n) is 19.3. The van der Waals surface area contributed by atoms with Gasteiger partial charge in [-0.1, -0.05) is 6.92 Å². The molecule has 0 aromatic carbocycles. The molecule has 3 aliphatic rings. The minimum atomic E-state index is -0.0779. The van der Waals surface area contributed by atoms with E-state index in [0.29, 0.717) is 13.2 Å². The molecule has 2 aliphatic heterocycles. The molecule has 8 heteroatoms. The number of rotatable bonds is 5. The maximum absolute atomic E-state index is 12.5. The maximum Gasteiger partial charge on any atom is 0.310 e. The van der Waals surface area contributed by atoms with Crippen LogP contribution in [0.4, 0.5) is 5.82 Å². The van der Waals surface area contributed by atoms with Gasteiger partial charge in [-0.25, -0.2) is 9.97 Å². The summed E-state index contributed by atoms with van der Waals surface area (Å²) in [4.78, 5) is 30.0. The lowest BCUT2D eigenvalue weighted by Crippen LogP contribution is -2.40. The van der Waals surface area contributed by atoms with Crippen molar-refractivity contribution in [3.05, 3.63) is 16.3 Å². The number of hydrogen-bond donors (Lipinski definition) is 0. The number of anilines is 1. The van der Waals surface area contributed by atoms with Crippen LogP contribution in [0.1, 0.15) is 49.4 Å². The van der Waals surface area contributed by atoms with E-state index in [-0.39, 0.29) is 11.9 Å². The number of fused-ring (bicyclic) bond motifs is 3. The molecule has 4 heterocycles. The van der Waals surface area contributed by atoms with Crippen molar-refractivity contribution < 1.29 is 14.3 Å². The zero-order valence-corrected chi connectivity index (χ0v) is 20.1. The van der Waals surface area contributed by atoms with Gasteiger partial charge in [0.2, 0.25) is 0 Å². The van der Waals surface area contributed by atoms with Crippen molar-refractivity contribution in [1.29, 1.82) is 0 Å². The summed E-state index contributed by atoms with van der Waals surface area (Å²) in [5.41, 5.74) is 1.45. The molecule has 0 saturated carbocycles. The van der Waals surface area contributed by atoms with Crippen molar-refractivity contribution in [1.82, 2.24) is 14.9 Å². The number of carbonyl (C=O) groups is 1. The van der Waals surface area contributed by atoms with E-state index in [1.807, 2.05) is 18.3 Å². The van der Waals surface area contributed by atoms with Gasteiger partial charge < -0.3 is 14.4 Å². The molecular formula is C24H34N4O3S. The fraction of sp³-hybridized carbons (Fsp3) is 0.708. The summed E-state index contributed by atoms with van der Waals surface area (Å²) in [7, 11) is 0. The molecule has 2 fully saturated rings. The van der Waals surface area contributed by atoms with Gasteiger partial charge in [-0.15, -0.1) is 11.3 Å². The van der Waals surface area contributed by atoms with Crippen molar-refractivity contribution in [2.24, 2.45) is 11.8 Å². The number of esters is 1. The van der Waals surface area contributed by atoms with E-state index in [0.717, 1.165) is 87.5 Å². The van der Waals surface area contributed by atoms with E-state index in [2.05, 4.69) is 16.7 Å². The molecule has 1 aliphatic carbocycles. The lowest BCUT2D eigenvalue weighted by Gasteiger charge is -2.33. The minimum Gasteiger partial charge on any atom is -0.466 e. The Hall–Kier alpha value is -1.77. The summed E-state index contributed by atoms with van der Waals surface area (Å²) in [6.07, 6.45) is 5.34. The molecule has 0 amide bonds. The summed E-state index contributed by atoms with van der Waals surface area (Å²) >= 11 is 1.86. The number of nitrogens with zero attached hydrogens (tertiary/aromatic N) is 4. The third-order valence-corrected chi connectivity index (χ3v) is 8.14. The zero-order chi connectivity index (χ0) is 22.1. The fourth-order valence-corrected chi connectivity index (χ4v) is 6.64. The second kappa shape index (κ2) is 9.61. The van der Waals surface area contributed by atoms with E-state index < -0.39 is 0 Å². The third-order valence-electron chi connectivity index (χ3n) is 6.99. The quantitative estimate of drug-likeness (QED) is 0.636. The van der Waals surface area contributed by atoms with Crippen LogP contribution in [0, 0.1) is 11.8 Å². The van der Waals surface area contributed by atoms with E-state index in [1.165, 1.54) is 22.2 Å². The topological polar surface area (TPSA) is 67.8 Å². The Balaban J connectivity index is 1.51. The number of carbonyl (C=O) groups excluding carboxylic acids is 1. The average molecular weight is 459 g/mol. The van der Waals surface area contributed by atoms with E-state index in [4.69, 9.17) is 19.4 Å². The normalized spacial score (nSPS) is 24.5. The van der Waals surface area contributed by atoms with Crippen molar-refractivity contribution in [2.45, 2.75) is 52.5 Å². The van der Waals surface area contributed by atoms with Gasteiger partial charge in [0.05, 0.1) is 37.7 Å². The second-order valence-corrected chi connectivity index (χ2v) is 10.5.